The van der Waals surface area contributed by atoms with Gasteiger partial charge in [-0.15, -0.1) is 0 Å². The zero-order valence-electron chi connectivity index (χ0n) is 11.7. The lowest BCUT2D eigenvalue weighted by atomic mass is 10.1. The maximum atomic E-state index is 12.2. The number of methoxy groups -OCH3 is 1. The summed E-state index contributed by atoms with van der Waals surface area (Å²) in [5, 5.41) is 2.63. The molecule has 0 radical (unpaired) electrons. The van der Waals surface area contributed by atoms with Gasteiger partial charge in [-0.2, -0.15) is 0 Å². The standard InChI is InChI=1S/C15H15N3O3/c1-9-5-6-12(10(8-9)15(20)21-2)18-14(19)13-11(16)4-3-7-17-13/h3-8H,16H2,1-2H3,(H,18,19). The molecular weight excluding hydrogens is 270 g/mol. The van der Waals surface area contributed by atoms with E-state index in [2.05, 4.69) is 10.3 Å². The molecule has 0 atom stereocenters. The molecule has 0 saturated heterocycles. The van der Waals surface area contributed by atoms with Crippen molar-refractivity contribution in [2.45, 2.75) is 6.92 Å². The first-order chi connectivity index (χ1) is 10.0. The number of ether oxygens (including phenoxy) is 1. The highest BCUT2D eigenvalue weighted by atomic mass is 16.5. The highest BCUT2D eigenvalue weighted by Crippen LogP contribution is 2.20. The molecular formula is C15H15N3O3. The highest BCUT2D eigenvalue weighted by molar-refractivity contribution is 6.09. The van der Waals surface area contributed by atoms with Crippen LogP contribution < -0.4 is 11.1 Å². The van der Waals surface area contributed by atoms with Crippen molar-refractivity contribution < 1.29 is 14.3 Å². The van der Waals surface area contributed by atoms with E-state index in [1.54, 1.807) is 30.3 Å². The molecule has 0 aliphatic carbocycles. The van der Waals surface area contributed by atoms with Gasteiger partial charge in [0, 0.05) is 6.20 Å². The number of aryl methyl sites for hydroxylation is 1. The summed E-state index contributed by atoms with van der Waals surface area (Å²) in [7, 11) is 1.28. The molecule has 1 amide bonds. The summed E-state index contributed by atoms with van der Waals surface area (Å²) in [6.45, 7) is 1.84. The van der Waals surface area contributed by atoms with E-state index >= 15 is 0 Å². The van der Waals surface area contributed by atoms with Gasteiger partial charge in [0.05, 0.1) is 24.0 Å². The third kappa shape index (κ3) is 3.17. The van der Waals surface area contributed by atoms with Gasteiger partial charge in [0.2, 0.25) is 0 Å². The molecule has 6 heteroatoms. The fraction of sp³-hybridized carbons (Fsp3) is 0.133. The summed E-state index contributed by atoms with van der Waals surface area (Å²) in [5.74, 6) is -1.01. The minimum atomic E-state index is -0.525. The molecule has 2 aromatic rings. The fourth-order valence-corrected chi connectivity index (χ4v) is 1.83. The number of pyridine rings is 1. The van der Waals surface area contributed by atoms with Crippen molar-refractivity contribution in [3.05, 3.63) is 53.3 Å². The summed E-state index contributed by atoms with van der Waals surface area (Å²) in [6.07, 6.45) is 1.47. The van der Waals surface area contributed by atoms with E-state index in [-0.39, 0.29) is 16.9 Å². The number of rotatable bonds is 3. The Bertz CT molecular complexity index is 698. The average Bonchev–Trinajstić information content (AvgIpc) is 2.48. The molecule has 6 nitrogen and oxygen atoms in total. The maximum Gasteiger partial charge on any atom is 0.339 e. The van der Waals surface area contributed by atoms with E-state index < -0.39 is 11.9 Å². The summed E-state index contributed by atoms with van der Waals surface area (Å²) in [5.41, 5.74) is 7.59. The molecule has 0 unspecified atom stereocenters. The van der Waals surface area contributed by atoms with E-state index in [1.807, 2.05) is 6.92 Å². The molecule has 0 bridgehead atoms. The van der Waals surface area contributed by atoms with Crippen LogP contribution in [0.15, 0.2) is 36.5 Å². The van der Waals surface area contributed by atoms with Gasteiger partial charge >= 0.3 is 5.97 Å². The minimum Gasteiger partial charge on any atom is -0.465 e. The van der Waals surface area contributed by atoms with Gasteiger partial charge in [-0.1, -0.05) is 11.6 Å². The number of benzene rings is 1. The number of anilines is 2. The second-order valence-electron chi connectivity index (χ2n) is 4.44. The van der Waals surface area contributed by atoms with Crippen molar-refractivity contribution >= 4 is 23.3 Å². The van der Waals surface area contributed by atoms with E-state index in [0.717, 1.165) is 5.56 Å². The molecule has 3 N–H and O–H groups in total. The third-order valence-corrected chi connectivity index (χ3v) is 2.88. The molecule has 0 spiro atoms. The number of aromatic nitrogens is 1. The van der Waals surface area contributed by atoms with Gasteiger partial charge in [-0.25, -0.2) is 9.78 Å². The Hall–Kier alpha value is -2.89. The van der Waals surface area contributed by atoms with Crippen molar-refractivity contribution in [1.82, 2.24) is 4.98 Å². The Morgan fingerprint density at radius 1 is 1.29 bits per heavy atom. The topological polar surface area (TPSA) is 94.3 Å². The van der Waals surface area contributed by atoms with E-state index in [9.17, 15) is 9.59 Å². The lowest BCUT2D eigenvalue weighted by Crippen LogP contribution is -2.18. The van der Waals surface area contributed by atoms with Crippen LogP contribution in [-0.4, -0.2) is 24.0 Å². The molecule has 2 rings (SSSR count). The number of hydrogen-bond acceptors (Lipinski definition) is 5. The number of nitrogens with two attached hydrogens (primary N) is 1. The average molecular weight is 285 g/mol. The van der Waals surface area contributed by atoms with Crippen molar-refractivity contribution in [3.63, 3.8) is 0 Å². The van der Waals surface area contributed by atoms with Crippen LogP contribution in [0, 0.1) is 6.92 Å². The summed E-state index contributed by atoms with van der Waals surface area (Å²) in [6, 6.07) is 8.28. The second-order valence-corrected chi connectivity index (χ2v) is 4.44. The SMILES string of the molecule is COC(=O)c1cc(C)ccc1NC(=O)c1ncccc1N. The molecule has 21 heavy (non-hydrogen) atoms. The fourth-order valence-electron chi connectivity index (χ4n) is 1.83. The molecule has 1 aromatic carbocycles. The quantitative estimate of drug-likeness (QED) is 0.841. The van der Waals surface area contributed by atoms with Crippen LogP contribution in [0.4, 0.5) is 11.4 Å². The monoisotopic (exact) mass is 285 g/mol. The minimum absolute atomic E-state index is 0.105. The van der Waals surface area contributed by atoms with Crippen LogP contribution >= 0.6 is 0 Å². The van der Waals surface area contributed by atoms with Gasteiger partial charge in [-0.3, -0.25) is 4.79 Å². The first-order valence-corrected chi connectivity index (χ1v) is 6.23. The Kier molecular flexibility index (Phi) is 4.18. The van der Waals surface area contributed by atoms with Gasteiger partial charge in [0.25, 0.3) is 5.91 Å². The molecule has 0 fully saturated rings. The predicted octanol–water partition coefficient (Wildman–Crippen LogP) is 2.01. The Morgan fingerprint density at radius 2 is 2.05 bits per heavy atom. The van der Waals surface area contributed by atoms with E-state index in [1.165, 1.54) is 13.3 Å². The Balaban J connectivity index is 2.34. The smallest absolute Gasteiger partial charge is 0.339 e. The molecule has 0 aliphatic heterocycles. The number of amides is 1. The Labute approximate surface area is 121 Å². The first kappa shape index (κ1) is 14.5. The van der Waals surface area contributed by atoms with Crippen LogP contribution in [0.5, 0.6) is 0 Å². The maximum absolute atomic E-state index is 12.2. The first-order valence-electron chi connectivity index (χ1n) is 6.23. The molecule has 0 aliphatic rings. The van der Waals surface area contributed by atoms with Crippen LogP contribution in [-0.2, 0) is 4.74 Å². The number of nitrogens with one attached hydrogen (secondary N) is 1. The van der Waals surface area contributed by atoms with Gasteiger partial charge in [0.1, 0.15) is 0 Å². The number of nitrogens with zero attached hydrogens (tertiary/aromatic N) is 1. The van der Waals surface area contributed by atoms with Crippen molar-refractivity contribution in [2.75, 3.05) is 18.2 Å². The zero-order valence-corrected chi connectivity index (χ0v) is 11.7. The second kappa shape index (κ2) is 6.04. The Morgan fingerprint density at radius 3 is 2.71 bits per heavy atom. The number of carbonyl (C=O) groups is 2. The number of carbonyl (C=O) groups excluding carboxylic acids is 2. The lowest BCUT2D eigenvalue weighted by Gasteiger charge is -2.11. The van der Waals surface area contributed by atoms with Crippen LogP contribution in [0.25, 0.3) is 0 Å². The predicted molar refractivity (Wildman–Crippen MR) is 79.1 cm³/mol. The van der Waals surface area contributed by atoms with E-state index in [4.69, 9.17) is 10.5 Å². The van der Waals surface area contributed by atoms with Crippen LogP contribution in [0.1, 0.15) is 26.4 Å². The number of esters is 1. The summed E-state index contributed by atoms with van der Waals surface area (Å²) in [4.78, 5) is 27.9. The lowest BCUT2D eigenvalue weighted by molar-refractivity contribution is 0.0602. The van der Waals surface area contributed by atoms with Gasteiger partial charge in [0.15, 0.2) is 5.69 Å². The summed E-state index contributed by atoms with van der Waals surface area (Å²) >= 11 is 0. The van der Waals surface area contributed by atoms with Crippen LogP contribution in [0.2, 0.25) is 0 Å². The van der Waals surface area contributed by atoms with Crippen LogP contribution in [0.3, 0.4) is 0 Å². The molecule has 108 valence electrons. The van der Waals surface area contributed by atoms with Crippen molar-refractivity contribution in [1.29, 1.82) is 0 Å². The normalized spacial score (nSPS) is 10.0. The summed E-state index contributed by atoms with van der Waals surface area (Å²) < 4.78 is 4.71. The van der Waals surface area contributed by atoms with Crippen molar-refractivity contribution in [2.24, 2.45) is 0 Å². The third-order valence-electron chi connectivity index (χ3n) is 2.88. The van der Waals surface area contributed by atoms with Crippen molar-refractivity contribution in [3.8, 4) is 0 Å². The largest absolute Gasteiger partial charge is 0.465 e. The van der Waals surface area contributed by atoms with Gasteiger partial charge < -0.3 is 15.8 Å². The molecule has 1 heterocycles. The highest BCUT2D eigenvalue weighted by Gasteiger charge is 2.17. The van der Waals surface area contributed by atoms with E-state index in [0.29, 0.717) is 5.69 Å². The molecule has 0 saturated carbocycles. The zero-order chi connectivity index (χ0) is 15.4. The number of nitrogen functional groups attached to an aromatic ring is 1. The van der Waals surface area contributed by atoms with Gasteiger partial charge in [-0.05, 0) is 31.2 Å². The number of hydrogen-bond donors (Lipinski definition) is 2. The molecule has 1 aromatic heterocycles.